The monoisotopic (exact) mass is 293 g/mol. The average Bonchev–Trinajstić information content (AvgIpc) is 2.35. The first-order chi connectivity index (χ1) is 9.25. The van der Waals surface area contributed by atoms with Crippen molar-refractivity contribution in [3.05, 3.63) is 23.9 Å². The van der Waals surface area contributed by atoms with E-state index in [1.807, 2.05) is 0 Å². The lowest BCUT2D eigenvalue weighted by atomic mass is 10.1. The molecule has 1 fully saturated rings. The number of nitrogens with one attached hydrogen (secondary N) is 1. The summed E-state index contributed by atoms with van der Waals surface area (Å²) < 4.78 is 0.319. The minimum absolute atomic E-state index is 0.126. The van der Waals surface area contributed by atoms with E-state index in [0.29, 0.717) is 4.75 Å². The second kappa shape index (κ2) is 5.94. The summed E-state index contributed by atoms with van der Waals surface area (Å²) in [4.78, 5) is 7.23. The third-order valence-corrected chi connectivity index (χ3v) is 4.64. The minimum Gasteiger partial charge on any atom is -0.354 e. The van der Waals surface area contributed by atoms with Crippen molar-refractivity contribution < 1.29 is 0 Å². The number of thioether (sulfide) groups is 1. The van der Waals surface area contributed by atoms with Gasteiger partial charge in [-0.15, -0.1) is 0 Å². The Morgan fingerprint density at radius 2 is 2.10 bits per heavy atom. The Labute approximate surface area is 127 Å². The van der Waals surface area contributed by atoms with E-state index in [4.69, 9.17) is 4.98 Å². The number of aromatic nitrogens is 1. The molecule has 0 radical (unpaired) electrons. The molecule has 0 amide bonds. The van der Waals surface area contributed by atoms with E-state index in [9.17, 15) is 0 Å². The van der Waals surface area contributed by atoms with Crippen molar-refractivity contribution >= 4 is 17.6 Å². The first kappa shape index (κ1) is 15.6. The molecule has 2 rings (SSSR count). The number of rotatable bonds is 3. The van der Waals surface area contributed by atoms with Gasteiger partial charge in [0.05, 0.1) is 5.69 Å². The van der Waals surface area contributed by atoms with Crippen LogP contribution < -0.4 is 10.2 Å². The Kier molecular flexibility index (Phi) is 4.65. The van der Waals surface area contributed by atoms with E-state index in [-0.39, 0.29) is 5.54 Å². The van der Waals surface area contributed by atoms with Crippen molar-refractivity contribution in [1.29, 1.82) is 0 Å². The SMILES string of the molecule is CC(C)(C)NCc1cccc(N2CCSC(C)(C)C2)n1. The van der Waals surface area contributed by atoms with Crippen LogP contribution in [0.1, 0.15) is 40.3 Å². The first-order valence-electron chi connectivity index (χ1n) is 7.35. The van der Waals surface area contributed by atoms with Gasteiger partial charge >= 0.3 is 0 Å². The number of hydrogen-bond donors (Lipinski definition) is 1. The van der Waals surface area contributed by atoms with Gasteiger partial charge in [-0.1, -0.05) is 6.07 Å². The molecule has 2 heterocycles. The van der Waals surface area contributed by atoms with Crippen LogP contribution in [-0.4, -0.2) is 34.1 Å². The van der Waals surface area contributed by atoms with Crippen LogP contribution >= 0.6 is 11.8 Å². The lowest BCUT2D eigenvalue weighted by Gasteiger charge is -2.38. The molecule has 20 heavy (non-hydrogen) atoms. The van der Waals surface area contributed by atoms with E-state index in [1.165, 1.54) is 5.75 Å². The third kappa shape index (κ3) is 4.67. The molecule has 1 aliphatic rings. The Balaban J connectivity index is 2.05. The first-order valence-corrected chi connectivity index (χ1v) is 8.34. The fraction of sp³-hybridized carbons (Fsp3) is 0.688. The summed E-state index contributed by atoms with van der Waals surface area (Å²) in [5, 5.41) is 3.50. The van der Waals surface area contributed by atoms with Crippen LogP contribution in [0.5, 0.6) is 0 Å². The molecule has 4 heteroatoms. The molecule has 1 saturated heterocycles. The molecular weight excluding hydrogens is 266 g/mol. The van der Waals surface area contributed by atoms with E-state index in [0.717, 1.165) is 31.1 Å². The molecule has 0 saturated carbocycles. The van der Waals surface area contributed by atoms with Gasteiger partial charge in [-0.3, -0.25) is 0 Å². The van der Waals surface area contributed by atoms with Crippen LogP contribution in [0.3, 0.4) is 0 Å². The quantitative estimate of drug-likeness (QED) is 0.925. The van der Waals surface area contributed by atoms with Gasteiger partial charge in [0.2, 0.25) is 0 Å². The highest BCUT2D eigenvalue weighted by Crippen LogP contribution is 2.31. The minimum atomic E-state index is 0.126. The van der Waals surface area contributed by atoms with E-state index in [1.54, 1.807) is 0 Å². The molecule has 0 aliphatic carbocycles. The molecule has 0 aromatic carbocycles. The summed E-state index contributed by atoms with van der Waals surface area (Å²) in [6.07, 6.45) is 0. The standard InChI is InChI=1S/C16H27N3S/c1-15(2,3)17-11-13-7-6-8-14(18-13)19-9-10-20-16(4,5)12-19/h6-8,17H,9-12H2,1-5H3. The van der Waals surface area contributed by atoms with Crippen LogP contribution in [0.15, 0.2) is 18.2 Å². The van der Waals surface area contributed by atoms with Gasteiger partial charge in [-0.25, -0.2) is 4.98 Å². The van der Waals surface area contributed by atoms with Gasteiger partial charge < -0.3 is 10.2 Å². The van der Waals surface area contributed by atoms with Crippen molar-refractivity contribution in [2.24, 2.45) is 0 Å². The van der Waals surface area contributed by atoms with Crippen LogP contribution in [0, 0.1) is 0 Å². The fourth-order valence-electron chi connectivity index (χ4n) is 2.31. The zero-order valence-electron chi connectivity index (χ0n) is 13.4. The summed E-state index contributed by atoms with van der Waals surface area (Å²) in [6.45, 7) is 14.2. The van der Waals surface area contributed by atoms with Gasteiger partial charge in [-0.2, -0.15) is 11.8 Å². The summed E-state index contributed by atoms with van der Waals surface area (Å²) in [5.74, 6) is 2.30. The van der Waals surface area contributed by atoms with Gasteiger partial charge in [-0.05, 0) is 46.8 Å². The molecule has 1 aliphatic heterocycles. The zero-order chi connectivity index (χ0) is 14.8. The normalized spacial score (nSPS) is 19.1. The summed E-state index contributed by atoms with van der Waals surface area (Å²) in [5.41, 5.74) is 1.25. The number of nitrogens with zero attached hydrogens (tertiary/aromatic N) is 2. The van der Waals surface area contributed by atoms with Crippen molar-refractivity contribution in [1.82, 2.24) is 10.3 Å². The molecule has 0 bridgehead atoms. The fourth-order valence-corrected chi connectivity index (χ4v) is 3.42. The molecular formula is C16H27N3S. The average molecular weight is 293 g/mol. The van der Waals surface area contributed by atoms with Crippen molar-refractivity contribution in [3.63, 3.8) is 0 Å². The lowest BCUT2D eigenvalue weighted by Crippen LogP contribution is -2.43. The maximum absolute atomic E-state index is 4.82. The molecule has 112 valence electrons. The van der Waals surface area contributed by atoms with E-state index >= 15 is 0 Å². The Morgan fingerprint density at radius 3 is 2.75 bits per heavy atom. The molecule has 3 nitrogen and oxygen atoms in total. The third-order valence-electron chi connectivity index (χ3n) is 3.34. The van der Waals surface area contributed by atoms with Gasteiger partial charge in [0.1, 0.15) is 5.82 Å². The highest BCUT2D eigenvalue weighted by atomic mass is 32.2. The molecule has 1 aromatic heterocycles. The van der Waals surface area contributed by atoms with Crippen LogP contribution in [0.25, 0.3) is 0 Å². The summed E-state index contributed by atoms with van der Waals surface area (Å²) in [6, 6.07) is 6.36. The van der Waals surface area contributed by atoms with Crippen molar-refractivity contribution in [2.45, 2.75) is 51.4 Å². The van der Waals surface area contributed by atoms with E-state index < -0.39 is 0 Å². The Bertz CT molecular complexity index is 451. The second-order valence-corrected chi connectivity index (χ2v) is 8.92. The van der Waals surface area contributed by atoms with Crippen LogP contribution in [-0.2, 0) is 6.54 Å². The smallest absolute Gasteiger partial charge is 0.128 e. The molecule has 0 spiro atoms. The number of pyridine rings is 1. The largest absolute Gasteiger partial charge is 0.354 e. The van der Waals surface area contributed by atoms with Crippen molar-refractivity contribution in [2.75, 3.05) is 23.7 Å². The number of hydrogen-bond acceptors (Lipinski definition) is 4. The summed E-state index contributed by atoms with van der Waals surface area (Å²) >= 11 is 2.05. The molecule has 0 atom stereocenters. The predicted octanol–water partition coefficient (Wildman–Crippen LogP) is 3.30. The number of anilines is 1. The molecule has 0 unspecified atom stereocenters. The highest BCUT2D eigenvalue weighted by Gasteiger charge is 2.27. The predicted molar refractivity (Wildman–Crippen MR) is 89.6 cm³/mol. The Hall–Kier alpha value is -0.740. The van der Waals surface area contributed by atoms with Crippen LogP contribution in [0.2, 0.25) is 0 Å². The second-order valence-electron chi connectivity index (χ2n) is 7.12. The lowest BCUT2D eigenvalue weighted by molar-refractivity contribution is 0.421. The molecule has 1 N–H and O–H groups in total. The highest BCUT2D eigenvalue weighted by molar-refractivity contribution is 8.00. The topological polar surface area (TPSA) is 28.2 Å². The van der Waals surface area contributed by atoms with Gasteiger partial charge in [0.15, 0.2) is 0 Å². The van der Waals surface area contributed by atoms with Crippen molar-refractivity contribution in [3.8, 4) is 0 Å². The molecule has 1 aromatic rings. The van der Waals surface area contributed by atoms with Gasteiger partial charge in [0.25, 0.3) is 0 Å². The summed E-state index contributed by atoms with van der Waals surface area (Å²) in [7, 11) is 0. The zero-order valence-corrected chi connectivity index (χ0v) is 14.2. The Morgan fingerprint density at radius 1 is 1.35 bits per heavy atom. The van der Waals surface area contributed by atoms with Gasteiger partial charge in [0, 0.05) is 35.7 Å². The maximum atomic E-state index is 4.82. The maximum Gasteiger partial charge on any atom is 0.128 e. The van der Waals surface area contributed by atoms with Crippen LogP contribution in [0.4, 0.5) is 5.82 Å². The van der Waals surface area contributed by atoms with E-state index in [2.05, 4.69) is 74.8 Å².